The fourth-order valence-electron chi connectivity index (χ4n) is 1.67. The molecule has 20 heavy (non-hydrogen) atoms. The number of nitrogens with one attached hydrogen (secondary N) is 2. The maximum atomic E-state index is 12.0. The molecule has 0 spiro atoms. The Hall–Kier alpha value is -0.440. The highest BCUT2D eigenvalue weighted by molar-refractivity contribution is 8.76. The van der Waals surface area contributed by atoms with Crippen LogP contribution in [0.15, 0.2) is 0 Å². The lowest BCUT2D eigenvalue weighted by Crippen LogP contribution is -2.48. The minimum Gasteiger partial charge on any atom is -0.480 e. The summed E-state index contributed by atoms with van der Waals surface area (Å²) in [5.74, 6) is -1.31. The first-order valence-corrected chi connectivity index (χ1v) is 9.17. The fourth-order valence-corrected chi connectivity index (χ4v) is 3.60. The second-order valence-electron chi connectivity index (χ2n) is 4.68. The van der Waals surface area contributed by atoms with E-state index in [1.165, 1.54) is 0 Å². The van der Waals surface area contributed by atoms with Gasteiger partial charge in [0, 0.05) is 17.8 Å². The number of hydrogen-bond acceptors (Lipinski definition) is 6. The molecule has 0 aliphatic heterocycles. The summed E-state index contributed by atoms with van der Waals surface area (Å²) in [6.45, 7) is 4.12. The van der Waals surface area contributed by atoms with Crippen molar-refractivity contribution in [3.8, 4) is 0 Å². The van der Waals surface area contributed by atoms with Crippen LogP contribution >= 0.6 is 21.6 Å². The van der Waals surface area contributed by atoms with Gasteiger partial charge in [-0.1, -0.05) is 35.4 Å². The van der Waals surface area contributed by atoms with E-state index in [-0.39, 0.29) is 24.5 Å². The van der Waals surface area contributed by atoms with Crippen LogP contribution < -0.4 is 16.4 Å². The molecular formula is C12H25N3O3S2. The summed E-state index contributed by atoms with van der Waals surface area (Å²) in [6, 6.07) is -0.231. The van der Waals surface area contributed by atoms with Crippen LogP contribution in [0.4, 0.5) is 0 Å². The molecule has 118 valence electrons. The summed E-state index contributed by atoms with van der Waals surface area (Å²) in [7, 11) is 3.37. The van der Waals surface area contributed by atoms with E-state index in [4.69, 9.17) is 10.8 Å². The average Bonchev–Trinajstić information content (AvgIpc) is 2.38. The molecule has 0 radical (unpaired) electrons. The zero-order chi connectivity index (χ0) is 15.5. The number of carboxylic acids is 1. The second kappa shape index (κ2) is 11.2. The molecular weight excluding hydrogens is 298 g/mol. The number of aliphatic carboxylic acids is 1. The van der Waals surface area contributed by atoms with Crippen LogP contribution in [0.5, 0.6) is 0 Å². The highest BCUT2D eigenvalue weighted by Gasteiger charge is 2.21. The van der Waals surface area contributed by atoms with Crippen molar-refractivity contribution in [2.75, 3.05) is 19.3 Å². The van der Waals surface area contributed by atoms with E-state index in [1.807, 2.05) is 20.1 Å². The average molecular weight is 323 g/mol. The molecule has 0 unspecified atom stereocenters. The summed E-state index contributed by atoms with van der Waals surface area (Å²) < 4.78 is 0. The number of carbonyl (C=O) groups is 2. The third-order valence-corrected chi connectivity index (χ3v) is 4.82. The van der Waals surface area contributed by atoms with E-state index in [1.54, 1.807) is 21.6 Å². The van der Waals surface area contributed by atoms with Gasteiger partial charge >= 0.3 is 5.97 Å². The Labute approximate surface area is 128 Å². The highest BCUT2D eigenvalue weighted by Crippen LogP contribution is 2.26. The van der Waals surface area contributed by atoms with E-state index in [0.717, 1.165) is 6.42 Å². The zero-order valence-electron chi connectivity index (χ0n) is 12.2. The maximum Gasteiger partial charge on any atom is 0.322 e. The van der Waals surface area contributed by atoms with Crippen molar-refractivity contribution in [3.63, 3.8) is 0 Å². The third-order valence-electron chi connectivity index (χ3n) is 2.54. The summed E-state index contributed by atoms with van der Waals surface area (Å²) in [5.41, 5.74) is 5.69. The van der Waals surface area contributed by atoms with E-state index < -0.39 is 5.97 Å². The van der Waals surface area contributed by atoms with Crippen LogP contribution in [0.1, 0.15) is 26.7 Å². The number of carboxylic acid groups (broad SMARTS) is 1. The molecule has 6 nitrogen and oxygen atoms in total. The molecule has 0 fully saturated rings. The van der Waals surface area contributed by atoms with Gasteiger partial charge in [0.1, 0.15) is 6.54 Å². The van der Waals surface area contributed by atoms with Crippen molar-refractivity contribution in [1.29, 1.82) is 0 Å². The minimum absolute atomic E-state index is 0.153. The number of hydrogen-bond donors (Lipinski definition) is 4. The molecule has 2 atom stereocenters. The van der Waals surface area contributed by atoms with Gasteiger partial charge in [0.15, 0.2) is 0 Å². The van der Waals surface area contributed by atoms with Gasteiger partial charge in [0.25, 0.3) is 0 Å². The molecule has 0 heterocycles. The van der Waals surface area contributed by atoms with Gasteiger partial charge < -0.3 is 21.5 Å². The van der Waals surface area contributed by atoms with Gasteiger partial charge in [-0.2, -0.15) is 0 Å². The molecule has 5 N–H and O–H groups in total. The lowest BCUT2D eigenvalue weighted by Gasteiger charge is -2.22. The molecule has 0 aliphatic rings. The standard InChI is InChI=1S/C12H25N3O3S2/c1-8(2)15-10(12(18)14-7-11(16)17)5-4-9(6-13)20-19-3/h8-10,15H,4-7,13H2,1-3H3,(H,14,18)(H,16,17)/t9-,10-/m0/s1. The van der Waals surface area contributed by atoms with Crippen molar-refractivity contribution in [3.05, 3.63) is 0 Å². The quantitative estimate of drug-likeness (QED) is 0.414. The second-order valence-corrected chi connectivity index (χ2v) is 7.45. The summed E-state index contributed by atoms with van der Waals surface area (Å²) >= 11 is 0. The van der Waals surface area contributed by atoms with Gasteiger partial charge in [-0.15, -0.1) is 0 Å². The van der Waals surface area contributed by atoms with Crippen molar-refractivity contribution in [1.82, 2.24) is 10.6 Å². The van der Waals surface area contributed by atoms with Crippen LogP contribution in [0, 0.1) is 0 Å². The Bertz CT molecular complexity index is 304. The van der Waals surface area contributed by atoms with Gasteiger partial charge in [-0.25, -0.2) is 0 Å². The van der Waals surface area contributed by atoms with E-state index in [0.29, 0.717) is 18.2 Å². The first-order chi connectivity index (χ1) is 9.40. The van der Waals surface area contributed by atoms with Crippen LogP contribution in [0.25, 0.3) is 0 Å². The fraction of sp³-hybridized carbons (Fsp3) is 0.833. The van der Waals surface area contributed by atoms with Gasteiger partial charge in [-0.05, 0) is 19.1 Å². The number of carbonyl (C=O) groups excluding carboxylic acids is 1. The molecule has 8 heteroatoms. The van der Waals surface area contributed by atoms with Crippen LogP contribution in [-0.4, -0.2) is 53.7 Å². The van der Waals surface area contributed by atoms with E-state index >= 15 is 0 Å². The Morgan fingerprint density at radius 2 is 1.95 bits per heavy atom. The van der Waals surface area contributed by atoms with Crippen molar-refractivity contribution in [2.24, 2.45) is 5.73 Å². The first kappa shape index (κ1) is 19.6. The van der Waals surface area contributed by atoms with Gasteiger partial charge in [0.2, 0.25) is 5.91 Å². The van der Waals surface area contributed by atoms with Crippen molar-refractivity contribution < 1.29 is 14.7 Å². The largest absolute Gasteiger partial charge is 0.480 e. The number of nitrogens with two attached hydrogens (primary N) is 1. The molecule has 0 saturated carbocycles. The van der Waals surface area contributed by atoms with Crippen molar-refractivity contribution in [2.45, 2.75) is 44.0 Å². The molecule has 0 bridgehead atoms. The molecule has 0 rings (SSSR count). The molecule has 0 aromatic carbocycles. The predicted octanol–water partition coefficient (Wildman–Crippen LogP) is 0.673. The lowest BCUT2D eigenvalue weighted by molar-refractivity contribution is -0.138. The Kier molecular flexibility index (Phi) is 11.0. The Morgan fingerprint density at radius 1 is 1.30 bits per heavy atom. The molecule has 1 amide bonds. The topological polar surface area (TPSA) is 104 Å². The minimum atomic E-state index is -1.04. The summed E-state index contributed by atoms with van der Waals surface area (Å²) in [4.78, 5) is 22.5. The highest BCUT2D eigenvalue weighted by atomic mass is 33.1. The molecule has 0 saturated heterocycles. The molecule has 0 aliphatic carbocycles. The van der Waals surface area contributed by atoms with E-state index in [2.05, 4.69) is 10.6 Å². The molecule has 0 aromatic rings. The normalized spacial score (nSPS) is 14.1. The predicted molar refractivity (Wildman–Crippen MR) is 85.9 cm³/mol. The number of amides is 1. The van der Waals surface area contributed by atoms with Crippen molar-refractivity contribution >= 4 is 33.5 Å². The smallest absolute Gasteiger partial charge is 0.322 e. The van der Waals surface area contributed by atoms with Gasteiger partial charge in [0.05, 0.1) is 6.04 Å². The third kappa shape index (κ3) is 9.46. The summed E-state index contributed by atoms with van der Waals surface area (Å²) in [6.07, 6.45) is 3.45. The van der Waals surface area contributed by atoms with Crippen LogP contribution in [-0.2, 0) is 9.59 Å². The maximum absolute atomic E-state index is 12.0. The zero-order valence-corrected chi connectivity index (χ0v) is 13.9. The monoisotopic (exact) mass is 323 g/mol. The first-order valence-electron chi connectivity index (χ1n) is 6.55. The van der Waals surface area contributed by atoms with E-state index in [9.17, 15) is 9.59 Å². The SMILES string of the molecule is CSS[C@H](CN)CC[C@H](NC(C)C)C(=O)NCC(=O)O. The Balaban J connectivity index is 4.39. The van der Waals surface area contributed by atoms with Crippen LogP contribution in [0.3, 0.4) is 0 Å². The lowest BCUT2D eigenvalue weighted by atomic mass is 10.1. The Morgan fingerprint density at radius 3 is 2.40 bits per heavy atom. The molecule has 0 aromatic heterocycles. The van der Waals surface area contributed by atoms with Crippen LogP contribution in [0.2, 0.25) is 0 Å². The van der Waals surface area contributed by atoms with Gasteiger partial charge in [-0.3, -0.25) is 9.59 Å². The number of rotatable bonds is 11. The summed E-state index contributed by atoms with van der Waals surface area (Å²) in [5, 5.41) is 14.5.